The van der Waals surface area contributed by atoms with Crippen molar-refractivity contribution in [3.63, 3.8) is 0 Å². The summed E-state index contributed by atoms with van der Waals surface area (Å²) in [6.07, 6.45) is 21.8. The van der Waals surface area contributed by atoms with E-state index in [1.54, 1.807) is 24.6 Å². The van der Waals surface area contributed by atoms with Gasteiger partial charge in [-0.05, 0) is 172 Å². The lowest BCUT2D eigenvalue weighted by Crippen LogP contribution is -2.51. The van der Waals surface area contributed by atoms with Crippen LogP contribution >= 0.6 is 0 Å². The molecule has 0 radical (unpaired) electrons. The number of carbonyl (C=O) groups is 2. The number of aliphatic imine (C=N–C) groups is 1. The average molecular weight is 722 g/mol. The lowest BCUT2D eigenvalue weighted by atomic mass is 9.47. The Labute approximate surface area is 320 Å². The van der Waals surface area contributed by atoms with Gasteiger partial charge >= 0.3 is 5.97 Å². The molecule has 0 saturated heterocycles. The van der Waals surface area contributed by atoms with Crippen LogP contribution in [0.3, 0.4) is 0 Å². The van der Waals surface area contributed by atoms with Gasteiger partial charge in [-0.25, -0.2) is 0 Å². The summed E-state index contributed by atoms with van der Waals surface area (Å²) < 4.78 is 12.1. The third kappa shape index (κ3) is 9.37. The minimum atomic E-state index is -0.0335. The molecule has 3 saturated carbocycles. The maximum Gasteiger partial charge on any atom is 0.306 e. The van der Waals surface area contributed by atoms with E-state index >= 15 is 0 Å². The molecule has 6 rings (SSSR count). The summed E-state index contributed by atoms with van der Waals surface area (Å²) in [5.41, 5.74) is 4.88. The largest absolute Gasteiger partial charge is 0.494 e. The normalized spacial score (nSPS) is 29.9. The lowest BCUT2D eigenvalue weighted by molar-refractivity contribution is -0.151. The Balaban J connectivity index is 0.890. The van der Waals surface area contributed by atoms with Crippen LogP contribution in [-0.4, -0.2) is 30.7 Å². The number of benzene rings is 2. The topological polar surface area (TPSA) is 65.0 Å². The second kappa shape index (κ2) is 17.5. The summed E-state index contributed by atoms with van der Waals surface area (Å²) in [6, 6.07) is 15.2. The van der Waals surface area contributed by atoms with Gasteiger partial charge in [0.1, 0.15) is 11.9 Å². The zero-order valence-electron chi connectivity index (χ0n) is 33.7. The lowest BCUT2D eigenvalue weighted by Gasteiger charge is -2.58. The van der Waals surface area contributed by atoms with Crippen LogP contribution in [0.15, 0.2) is 65.2 Å². The first-order valence-electron chi connectivity index (χ1n) is 21.2. The van der Waals surface area contributed by atoms with Crippen LogP contribution in [0, 0.1) is 46.3 Å². The highest BCUT2D eigenvalue weighted by Gasteiger charge is 2.59. The van der Waals surface area contributed by atoms with Gasteiger partial charge < -0.3 is 9.47 Å². The van der Waals surface area contributed by atoms with Crippen molar-refractivity contribution >= 4 is 23.7 Å². The van der Waals surface area contributed by atoms with E-state index in [9.17, 15) is 9.59 Å². The summed E-state index contributed by atoms with van der Waals surface area (Å²) in [5, 5.41) is 0. The number of carbonyl (C=O) groups excluding carboxylic acids is 2. The standard InChI is InChI=1S/C48H67NO4/c1-33(2)11-10-12-34(3)43-24-25-44-42-23-18-38-31-41(26-28-47(38,5)45(42)27-29-48(43,44)6)53-46(51)13-8-7-9-30-52-40-21-14-36(15-22-40)32-49-39-19-16-37(17-20-39)35(4)50/h14-22,32-34,41-45H,7-13,23-31H2,1-6H3/t34-,41+,42+,43-,44+,45+,47+,48-/m1/s1. The van der Waals surface area contributed by atoms with Crippen molar-refractivity contribution in [3.8, 4) is 5.75 Å². The molecule has 3 fully saturated rings. The molecule has 0 N–H and O–H groups in total. The number of ether oxygens (including phenoxy) is 2. The van der Waals surface area contributed by atoms with Crippen LogP contribution in [0.1, 0.15) is 154 Å². The Morgan fingerprint density at radius 2 is 1.64 bits per heavy atom. The molecule has 0 heterocycles. The van der Waals surface area contributed by atoms with Gasteiger partial charge in [0.15, 0.2) is 5.78 Å². The molecule has 0 unspecified atom stereocenters. The van der Waals surface area contributed by atoms with Crippen LogP contribution in [0.2, 0.25) is 0 Å². The maximum atomic E-state index is 12.9. The monoisotopic (exact) mass is 722 g/mol. The van der Waals surface area contributed by atoms with Crippen molar-refractivity contribution in [2.24, 2.45) is 51.3 Å². The van der Waals surface area contributed by atoms with E-state index in [4.69, 9.17) is 9.47 Å². The predicted molar refractivity (Wildman–Crippen MR) is 217 cm³/mol. The highest BCUT2D eigenvalue weighted by atomic mass is 16.5. The summed E-state index contributed by atoms with van der Waals surface area (Å²) in [4.78, 5) is 28.9. The molecule has 4 aliphatic rings. The van der Waals surface area contributed by atoms with Crippen molar-refractivity contribution < 1.29 is 19.1 Å². The molecule has 0 bridgehead atoms. The first-order chi connectivity index (χ1) is 25.5. The van der Waals surface area contributed by atoms with Gasteiger partial charge in [-0.2, -0.15) is 0 Å². The summed E-state index contributed by atoms with van der Waals surface area (Å²) in [5.74, 6) is 5.93. The fourth-order valence-corrected chi connectivity index (χ4v) is 11.3. The molecule has 8 atom stereocenters. The SMILES string of the molecule is CC(=O)c1ccc(N=Cc2ccc(OCCCCCC(=O)O[C@H]3CC[C@@]4(C)C(=CC[C@H]5[C@@H]6CC[C@H]([C@H](C)CCCC(C)C)[C@@]6(C)CC[C@@H]54)C3)cc2)cc1. The number of Topliss-reactive ketones (excluding diaryl/α,β-unsaturated/α-hetero) is 1. The Bertz CT molecular complexity index is 1590. The first-order valence-corrected chi connectivity index (χ1v) is 21.2. The molecule has 2 aromatic rings. The molecule has 288 valence electrons. The van der Waals surface area contributed by atoms with Gasteiger partial charge in [-0.15, -0.1) is 0 Å². The van der Waals surface area contributed by atoms with Crippen molar-refractivity contribution in [1.29, 1.82) is 0 Å². The van der Waals surface area contributed by atoms with E-state index in [0.29, 0.717) is 24.0 Å². The van der Waals surface area contributed by atoms with Gasteiger partial charge in [0.2, 0.25) is 0 Å². The minimum absolute atomic E-state index is 0.0335. The fourth-order valence-electron chi connectivity index (χ4n) is 11.3. The molecule has 5 nitrogen and oxygen atoms in total. The maximum absolute atomic E-state index is 12.9. The highest BCUT2D eigenvalue weighted by molar-refractivity contribution is 5.94. The van der Waals surface area contributed by atoms with Crippen LogP contribution in [0.5, 0.6) is 5.75 Å². The molecule has 53 heavy (non-hydrogen) atoms. The number of allylic oxidation sites excluding steroid dienone is 1. The number of rotatable bonds is 16. The molecule has 2 aromatic carbocycles. The number of fused-ring (bicyclic) bond motifs is 5. The zero-order valence-corrected chi connectivity index (χ0v) is 33.7. The number of hydrogen-bond donors (Lipinski definition) is 0. The molecule has 0 aromatic heterocycles. The van der Waals surface area contributed by atoms with E-state index in [-0.39, 0.29) is 23.3 Å². The van der Waals surface area contributed by atoms with Crippen LogP contribution < -0.4 is 4.74 Å². The van der Waals surface area contributed by atoms with Gasteiger partial charge in [0.05, 0.1) is 12.3 Å². The Morgan fingerprint density at radius 3 is 2.38 bits per heavy atom. The van der Waals surface area contributed by atoms with Crippen LogP contribution in [-0.2, 0) is 9.53 Å². The summed E-state index contributed by atoms with van der Waals surface area (Å²) in [7, 11) is 0. The van der Waals surface area contributed by atoms with E-state index in [1.807, 2.05) is 42.6 Å². The van der Waals surface area contributed by atoms with Crippen molar-refractivity contribution in [3.05, 3.63) is 71.3 Å². The molecule has 0 spiro atoms. The van der Waals surface area contributed by atoms with Gasteiger partial charge in [-0.3, -0.25) is 14.6 Å². The smallest absolute Gasteiger partial charge is 0.306 e. The number of hydrogen-bond acceptors (Lipinski definition) is 5. The Hall–Kier alpha value is -3.21. The van der Waals surface area contributed by atoms with Gasteiger partial charge in [0, 0.05) is 24.6 Å². The van der Waals surface area contributed by atoms with Crippen molar-refractivity contribution in [1.82, 2.24) is 0 Å². The fraction of sp³-hybridized carbons (Fsp3) is 0.646. The number of esters is 1. The molecule has 0 amide bonds. The summed E-state index contributed by atoms with van der Waals surface area (Å²) in [6.45, 7) is 14.8. The number of ketones is 1. The van der Waals surface area contributed by atoms with E-state index in [0.717, 1.165) is 91.0 Å². The zero-order chi connectivity index (χ0) is 37.6. The van der Waals surface area contributed by atoms with Gasteiger partial charge in [0.25, 0.3) is 0 Å². The Kier molecular flexibility index (Phi) is 13.0. The van der Waals surface area contributed by atoms with E-state index in [2.05, 4.69) is 45.7 Å². The molecule has 0 aliphatic heterocycles. The van der Waals surface area contributed by atoms with Crippen molar-refractivity contribution in [2.75, 3.05) is 6.61 Å². The highest BCUT2D eigenvalue weighted by Crippen LogP contribution is 2.67. The molecule has 4 aliphatic carbocycles. The first kappa shape index (κ1) is 39.5. The average Bonchev–Trinajstić information content (AvgIpc) is 3.50. The molecular formula is C48H67NO4. The molecular weight excluding hydrogens is 655 g/mol. The van der Waals surface area contributed by atoms with E-state index < -0.39 is 0 Å². The van der Waals surface area contributed by atoms with Crippen LogP contribution in [0.25, 0.3) is 0 Å². The summed E-state index contributed by atoms with van der Waals surface area (Å²) >= 11 is 0. The third-order valence-corrected chi connectivity index (χ3v) is 14.4. The quantitative estimate of drug-likeness (QED) is 0.0569. The number of nitrogens with zero attached hydrogens (tertiary/aromatic N) is 1. The third-order valence-electron chi connectivity index (χ3n) is 14.4. The van der Waals surface area contributed by atoms with E-state index in [1.165, 1.54) is 51.4 Å². The minimum Gasteiger partial charge on any atom is -0.494 e. The van der Waals surface area contributed by atoms with Gasteiger partial charge in [-0.1, -0.05) is 65.5 Å². The second-order valence-corrected chi connectivity index (χ2v) is 18.2. The van der Waals surface area contributed by atoms with Crippen LogP contribution in [0.4, 0.5) is 5.69 Å². The predicted octanol–water partition coefficient (Wildman–Crippen LogP) is 12.5. The second-order valence-electron chi connectivity index (χ2n) is 18.2. The van der Waals surface area contributed by atoms with Crippen molar-refractivity contribution in [2.45, 2.75) is 144 Å². The Morgan fingerprint density at radius 1 is 0.868 bits per heavy atom. The number of unbranched alkanes of at least 4 members (excludes halogenated alkanes) is 2. The molecule has 5 heteroatoms.